The Bertz CT molecular complexity index is 878. The molecule has 0 N–H and O–H groups in total. The third kappa shape index (κ3) is 5.98. The second kappa shape index (κ2) is 10.9. The molecule has 2 saturated heterocycles. The molecule has 2 heterocycles. The fourth-order valence-corrected chi connectivity index (χ4v) is 7.13. The monoisotopic (exact) mass is 475 g/mol. The van der Waals surface area contributed by atoms with Crippen LogP contribution in [0.2, 0.25) is 0 Å². The average Bonchev–Trinajstić information content (AvgIpc) is 2.85. The van der Waals surface area contributed by atoms with Gasteiger partial charge in [0.25, 0.3) is 0 Å². The van der Waals surface area contributed by atoms with Gasteiger partial charge in [-0.25, -0.2) is 8.42 Å². The van der Waals surface area contributed by atoms with Gasteiger partial charge in [-0.05, 0) is 55.2 Å². The summed E-state index contributed by atoms with van der Waals surface area (Å²) in [6, 6.07) is 7.24. The highest BCUT2D eigenvalue weighted by molar-refractivity contribution is 7.89. The van der Waals surface area contributed by atoms with Crippen molar-refractivity contribution in [3.8, 4) is 0 Å². The second-order valence-corrected chi connectivity index (χ2v) is 12.5. The van der Waals surface area contributed by atoms with E-state index in [1.54, 1.807) is 16.4 Å². The molecule has 33 heavy (non-hydrogen) atoms. The van der Waals surface area contributed by atoms with Gasteiger partial charge in [0.2, 0.25) is 15.9 Å². The van der Waals surface area contributed by atoms with Gasteiger partial charge in [-0.1, -0.05) is 45.2 Å². The SMILES string of the molecule is CC(C)c1ccc(S(=O)(=O)N2CCC(C(=O)N3CCN(CC4CCCCC4)CC3)CC2)cc1. The lowest BCUT2D eigenvalue weighted by Gasteiger charge is -2.39. The molecule has 0 spiro atoms. The van der Waals surface area contributed by atoms with E-state index in [1.165, 1.54) is 38.6 Å². The van der Waals surface area contributed by atoms with Crippen LogP contribution in [0.4, 0.5) is 0 Å². The number of nitrogens with zero attached hydrogens (tertiary/aromatic N) is 3. The molecule has 6 nitrogen and oxygen atoms in total. The van der Waals surface area contributed by atoms with Crippen LogP contribution in [0.5, 0.6) is 0 Å². The minimum absolute atomic E-state index is 0.0512. The lowest BCUT2D eigenvalue weighted by Crippen LogP contribution is -2.52. The van der Waals surface area contributed by atoms with Crippen molar-refractivity contribution in [3.05, 3.63) is 29.8 Å². The van der Waals surface area contributed by atoms with Crippen LogP contribution in [0, 0.1) is 11.8 Å². The molecule has 3 fully saturated rings. The van der Waals surface area contributed by atoms with E-state index in [0.717, 1.165) is 37.7 Å². The number of hydrogen-bond acceptors (Lipinski definition) is 4. The van der Waals surface area contributed by atoms with E-state index in [9.17, 15) is 13.2 Å². The molecule has 0 bridgehead atoms. The summed E-state index contributed by atoms with van der Waals surface area (Å²) in [5.74, 6) is 1.39. The molecule has 0 radical (unpaired) electrons. The van der Waals surface area contributed by atoms with Gasteiger partial charge in [-0.3, -0.25) is 9.69 Å². The summed E-state index contributed by atoms with van der Waals surface area (Å²) in [5, 5.41) is 0. The maximum atomic E-state index is 13.1. The molecule has 2 aliphatic heterocycles. The fourth-order valence-electron chi connectivity index (χ4n) is 5.66. The molecule has 184 valence electrons. The maximum absolute atomic E-state index is 13.1. The number of hydrogen-bond donors (Lipinski definition) is 0. The van der Waals surface area contributed by atoms with Crippen LogP contribution in [0.1, 0.15) is 70.3 Å². The van der Waals surface area contributed by atoms with Crippen molar-refractivity contribution in [1.82, 2.24) is 14.1 Å². The normalized spacial score (nSPS) is 22.7. The quantitative estimate of drug-likeness (QED) is 0.625. The van der Waals surface area contributed by atoms with Gasteiger partial charge in [-0.15, -0.1) is 0 Å². The summed E-state index contributed by atoms with van der Waals surface area (Å²) in [4.78, 5) is 18.0. The maximum Gasteiger partial charge on any atom is 0.243 e. The summed E-state index contributed by atoms with van der Waals surface area (Å²) in [6.45, 7) is 9.81. The van der Waals surface area contributed by atoms with Crippen LogP contribution < -0.4 is 0 Å². The van der Waals surface area contributed by atoms with E-state index in [0.29, 0.717) is 36.7 Å². The zero-order valence-corrected chi connectivity index (χ0v) is 21.2. The standard InChI is InChI=1S/C26H41N3O3S/c1-21(2)23-8-10-25(11-9-23)33(31,32)29-14-12-24(13-15-29)26(30)28-18-16-27(17-19-28)20-22-6-4-3-5-7-22/h8-11,21-22,24H,3-7,12-20H2,1-2H3. The Balaban J connectivity index is 1.25. The first-order valence-electron chi connectivity index (χ1n) is 13.0. The van der Waals surface area contributed by atoms with Crippen LogP contribution in [0.15, 0.2) is 29.2 Å². The summed E-state index contributed by atoms with van der Waals surface area (Å²) in [7, 11) is -3.50. The van der Waals surface area contributed by atoms with Gasteiger partial charge >= 0.3 is 0 Å². The van der Waals surface area contributed by atoms with E-state index in [4.69, 9.17) is 0 Å². The van der Waals surface area contributed by atoms with Crippen molar-refractivity contribution in [2.45, 2.75) is 69.6 Å². The van der Waals surface area contributed by atoms with Crippen LogP contribution >= 0.6 is 0 Å². The molecule has 0 aromatic heterocycles. The molecule has 1 amide bonds. The minimum Gasteiger partial charge on any atom is -0.340 e. The van der Waals surface area contributed by atoms with E-state index >= 15 is 0 Å². The van der Waals surface area contributed by atoms with Crippen molar-refractivity contribution in [2.24, 2.45) is 11.8 Å². The highest BCUT2D eigenvalue weighted by Gasteiger charge is 2.35. The Morgan fingerprint density at radius 3 is 2.06 bits per heavy atom. The number of benzene rings is 1. The van der Waals surface area contributed by atoms with E-state index < -0.39 is 10.0 Å². The molecule has 1 aliphatic carbocycles. The molecular weight excluding hydrogens is 434 g/mol. The molecule has 3 aliphatic rings. The van der Waals surface area contributed by atoms with Gasteiger partial charge in [0, 0.05) is 51.7 Å². The summed E-state index contributed by atoms with van der Waals surface area (Å²) in [6.07, 6.45) is 8.10. The Morgan fingerprint density at radius 2 is 1.48 bits per heavy atom. The van der Waals surface area contributed by atoms with E-state index in [1.807, 2.05) is 17.0 Å². The first-order chi connectivity index (χ1) is 15.8. The number of sulfonamides is 1. The summed E-state index contributed by atoms with van der Waals surface area (Å²) >= 11 is 0. The molecule has 1 saturated carbocycles. The van der Waals surface area contributed by atoms with Crippen molar-refractivity contribution in [1.29, 1.82) is 0 Å². The smallest absolute Gasteiger partial charge is 0.243 e. The zero-order valence-electron chi connectivity index (χ0n) is 20.4. The molecule has 1 aromatic carbocycles. The number of amides is 1. The molecule has 1 aromatic rings. The fraction of sp³-hybridized carbons (Fsp3) is 0.731. The van der Waals surface area contributed by atoms with Crippen LogP contribution in [-0.2, 0) is 14.8 Å². The molecular formula is C26H41N3O3S. The number of rotatable bonds is 6. The van der Waals surface area contributed by atoms with Gasteiger partial charge < -0.3 is 4.90 Å². The second-order valence-electron chi connectivity index (χ2n) is 10.5. The number of piperazine rings is 1. The van der Waals surface area contributed by atoms with Crippen molar-refractivity contribution in [3.63, 3.8) is 0 Å². The first kappa shape index (κ1) is 24.7. The van der Waals surface area contributed by atoms with Gasteiger partial charge in [0.05, 0.1) is 4.90 Å². The first-order valence-corrected chi connectivity index (χ1v) is 14.4. The number of carbonyl (C=O) groups excluding carboxylic acids is 1. The molecule has 7 heteroatoms. The topological polar surface area (TPSA) is 60.9 Å². The largest absolute Gasteiger partial charge is 0.340 e. The van der Waals surface area contributed by atoms with Gasteiger partial charge in [0.15, 0.2) is 0 Å². The van der Waals surface area contributed by atoms with Crippen molar-refractivity contribution >= 4 is 15.9 Å². The van der Waals surface area contributed by atoms with Crippen LogP contribution in [0.25, 0.3) is 0 Å². The summed E-state index contributed by atoms with van der Waals surface area (Å²) < 4.78 is 27.7. The lowest BCUT2D eigenvalue weighted by atomic mass is 9.89. The number of piperidine rings is 1. The predicted molar refractivity (Wildman–Crippen MR) is 132 cm³/mol. The highest BCUT2D eigenvalue weighted by Crippen LogP contribution is 2.28. The molecule has 4 rings (SSSR count). The Labute approximate surface area is 200 Å². The Kier molecular flexibility index (Phi) is 8.13. The van der Waals surface area contributed by atoms with Crippen LogP contribution in [0.3, 0.4) is 0 Å². The molecule has 0 unspecified atom stereocenters. The number of carbonyl (C=O) groups is 1. The Morgan fingerprint density at radius 1 is 0.879 bits per heavy atom. The van der Waals surface area contributed by atoms with Gasteiger partial charge in [-0.2, -0.15) is 4.31 Å². The predicted octanol–water partition coefficient (Wildman–Crippen LogP) is 3.94. The highest BCUT2D eigenvalue weighted by atomic mass is 32.2. The minimum atomic E-state index is -3.50. The van der Waals surface area contributed by atoms with Gasteiger partial charge in [0.1, 0.15) is 0 Å². The lowest BCUT2D eigenvalue weighted by molar-refractivity contribution is -0.138. The van der Waals surface area contributed by atoms with E-state index in [2.05, 4.69) is 18.7 Å². The summed E-state index contributed by atoms with van der Waals surface area (Å²) in [5.41, 5.74) is 1.14. The van der Waals surface area contributed by atoms with E-state index in [-0.39, 0.29) is 11.8 Å². The zero-order chi connectivity index (χ0) is 23.4. The van der Waals surface area contributed by atoms with Crippen LogP contribution in [-0.4, -0.2) is 74.2 Å². The third-order valence-corrected chi connectivity index (χ3v) is 9.83. The Hall–Kier alpha value is -1.44. The van der Waals surface area contributed by atoms with Crippen molar-refractivity contribution in [2.75, 3.05) is 45.8 Å². The van der Waals surface area contributed by atoms with Crippen molar-refractivity contribution < 1.29 is 13.2 Å². The molecule has 0 atom stereocenters. The average molecular weight is 476 g/mol. The third-order valence-electron chi connectivity index (χ3n) is 7.91.